The number of aromatic nitrogens is 1. The topological polar surface area (TPSA) is 54.5 Å². The van der Waals surface area contributed by atoms with Crippen LogP contribution in [0.25, 0.3) is 16.6 Å². The summed E-state index contributed by atoms with van der Waals surface area (Å²) in [5.41, 5.74) is 3.53. The maximum absolute atomic E-state index is 11.8. The van der Waals surface area contributed by atoms with Crippen molar-refractivity contribution in [1.82, 2.24) is 9.88 Å². The molecule has 0 radical (unpaired) electrons. The van der Waals surface area contributed by atoms with Crippen molar-refractivity contribution in [2.24, 2.45) is 0 Å². The Hall–Kier alpha value is -1.54. The van der Waals surface area contributed by atoms with Crippen molar-refractivity contribution in [3.05, 3.63) is 27.1 Å². The van der Waals surface area contributed by atoms with Crippen LogP contribution in [0.5, 0.6) is 0 Å². The molecule has 0 unspecified atom stereocenters. The highest BCUT2D eigenvalue weighted by atomic mass is 32.1. The van der Waals surface area contributed by atoms with Crippen LogP contribution in [-0.2, 0) is 22.5 Å². The molecule has 1 N–H and O–H groups in total. The first-order chi connectivity index (χ1) is 12.6. The number of hydrogen-bond donors (Lipinski definition) is 1. The number of ether oxygens (including phenoxy) is 1. The number of amides is 1. The van der Waals surface area contributed by atoms with E-state index in [4.69, 9.17) is 9.72 Å². The molecule has 1 fully saturated rings. The Kier molecular flexibility index (Phi) is 4.96. The largest absolute Gasteiger partial charge is 0.378 e. The van der Waals surface area contributed by atoms with Gasteiger partial charge in [-0.15, -0.1) is 22.7 Å². The molecule has 7 heteroatoms. The minimum absolute atomic E-state index is 0.0314. The van der Waals surface area contributed by atoms with Gasteiger partial charge in [-0.2, -0.15) is 0 Å². The summed E-state index contributed by atoms with van der Waals surface area (Å²) in [6.45, 7) is 9.29. The molecule has 5 nitrogen and oxygen atoms in total. The van der Waals surface area contributed by atoms with Crippen molar-refractivity contribution in [1.29, 1.82) is 0 Å². The van der Waals surface area contributed by atoms with Gasteiger partial charge in [0, 0.05) is 30.5 Å². The molecule has 0 saturated carbocycles. The lowest BCUT2D eigenvalue weighted by Gasteiger charge is -2.39. The predicted octanol–water partition coefficient (Wildman–Crippen LogP) is 3.93. The Labute approximate surface area is 161 Å². The van der Waals surface area contributed by atoms with Crippen LogP contribution in [0.3, 0.4) is 0 Å². The number of nitrogens with zero attached hydrogens (tertiary/aromatic N) is 2. The van der Waals surface area contributed by atoms with Gasteiger partial charge in [0.15, 0.2) is 0 Å². The van der Waals surface area contributed by atoms with Crippen LogP contribution < -0.4 is 5.32 Å². The molecular formula is C19H23N3O2S2. The Morgan fingerprint density at radius 1 is 1.38 bits per heavy atom. The van der Waals surface area contributed by atoms with Crippen molar-refractivity contribution < 1.29 is 9.53 Å². The summed E-state index contributed by atoms with van der Waals surface area (Å²) >= 11 is 3.41. The summed E-state index contributed by atoms with van der Waals surface area (Å²) < 4.78 is 5.36. The van der Waals surface area contributed by atoms with E-state index in [2.05, 4.69) is 16.3 Å². The summed E-state index contributed by atoms with van der Waals surface area (Å²) in [6, 6.07) is 0.543. The molecule has 2 aromatic rings. The molecule has 1 saturated heterocycles. The first-order valence-electron chi connectivity index (χ1n) is 8.91. The number of thiazole rings is 1. The van der Waals surface area contributed by atoms with Crippen molar-refractivity contribution in [3.63, 3.8) is 0 Å². The SMILES string of the molecule is CC=Cc1sc(-c2c(NC(C)=O)sc3c2CCN(C2COC2)C3)nc1C. The zero-order valence-corrected chi connectivity index (χ0v) is 16.9. The summed E-state index contributed by atoms with van der Waals surface area (Å²) in [4.78, 5) is 21.6. The molecular weight excluding hydrogens is 366 g/mol. The van der Waals surface area contributed by atoms with Crippen molar-refractivity contribution in [2.75, 3.05) is 25.1 Å². The fourth-order valence-corrected chi connectivity index (χ4v) is 5.97. The maximum Gasteiger partial charge on any atom is 0.221 e. The van der Waals surface area contributed by atoms with Gasteiger partial charge in [0.05, 0.1) is 29.8 Å². The third kappa shape index (κ3) is 3.24. The molecule has 0 aliphatic carbocycles. The first-order valence-corrected chi connectivity index (χ1v) is 10.5. The molecule has 2 aliphatic heterocycles. The molecule has 0 bridgehead atoms. The second kappa shape index (κ2) is 7.23. The molecule has 26 heavy (non-hydrogen) atoms. The van der Waals surface area contributed by atoms with Gasteiger partial charge in [-0.25, -0.2) is 4.98 Å². The standard InChI is InChI=1S/C19H23N3O2S2/c1-4-5-15-11(2)20-18(25-15)17-14-6-7-22(13-9-24-10-13)8-16(14)26-19(17)21-12(3)23/h4-5,13H,6-10H2,1-3H3,(H,21,23). The van der Waals surface area contributed by atoms with Crippen molar-refractivity contribution in [2.45, 2.75) is 39.8 Å². The van der Waals surface area contributed by atoms with Crippen LogP contribution in [-0.4, -0.2) is 41.6 Å². The van der Waals surface area contributed by atoms with E-state index in [9.17, 15) is 4.79 Å². The van der Waals surface area contributed by atoms with Crippen molar-refractivity contribution in [3.8, 4) is 10.6 Å². The highest BCUT2D eigenvalue weighted by Crippen LogP contribution is 2.45. The Morgan fingerprint density at radius 3 is 2.85 bits per heavy atom. The van der Waals surface area contributed by atoms with Gasteiger partial charge >= 0.3 is 0 Å². The molecule has 1 amide bonds. The fraction of sp³-hybridized carbons (Fsp3) is 0.474. The van der Waals surface area contributed by atoms with Gasteiger partial charge in [0.25, 0.3) is 0 Å². The van der Waals surface area contributed by atoms with E-state index < -0.39 is 0 Å². The zero-order chi connectivity index (χ0) is 18.3. The second-order valence-corrected chi connectivity index (χ2v) is 8.91. The van der Waals surface area contributed by atoms with E-state index >= 15 is 0 Å². The highest BCUT2D eigenvalue weighted by molar-refractivity contribution is 7.19. The summed E-state index contributed by atoms with van der Waals surface area (Å²) in [7, 11) is 0. The fourth-order valence-electron chi connectivity index (χ4n) is 3.46. The number of hydrogen-bond acceptors (Lipinski definition) is 6. The van der Waals surface area contributed by atoms with E-state index in [-0.39, 0.29) is 5.91 Å². The zero-order valence-electron chi connectivity index (χ0n) is 15.3. The minimum atomic E-state index is -0.0314. The Balaban J connectivity index is 1.74. The normalized spacial score (nSPS) is 18.1. The minimum Gasteiger partial charge on any atom is -0.378 e. The first kappa shape index (κ1) is 17.9. The third-order valence-electron chi connectivity index (χ3n) is 4.88. The molecule has 138 valence electrons. The monoisotopic (exact) mass is 389 g/mol. The Bertz CT molecular complexity index is 865. The van der Waals surface area contributed by atoms with Gasteiger partial charge in [0.1, 0.15) is 10.0 Å². The van der Waals surface area contributed by atoms with E-state index in [0.29, 0.717) is 6.04 Å². The maximum atomic E-state index is 11.8. The molecule has 2 aliphatic rings. The van der Waals surface area contributed by atoms with E-state index in [1.807, 2.05) is 19.9 Å². The lowest BCUT2D eigenvalue weighted by Crippen LogP contribution is -2.50. The van der Waals surface area contributed by atoms with Gasteiger partial charge < -0.3 is 10.1 Å². The summed E-state index contributed by atoms with van der Waals surface area (Å²) in [6.07, 6.45) is 5.14. The number of rotatable bonds is 4. The average molecular weight is 390 g/mol. The number of thiophene rings is 1. The number of allylic oxidation sites excluding steroid dienone is 1. The smallest absolute Gasteiger partial charge is 0.221 e. The number of anilines is 1. The number of carbonyl (C=O) groups excluding carboxylic acids is 1. The number of carbonyl (C=O) groups is 1. The lowest BCUT2D eigenvalue weighted by atomic mass is 10.0. The summed E-state index contributed by atoms with van der Waals surface area (Å²) in [5, 5.41) is 5.00. The lowest BCUT2D eigenvalue weighted by molar-refractivity contribution is -0.114. The predicted molar refractivity (Wildman–Crippen MR) is 108 cm³/mol. The van der Waals surface area contributed by atoms with Crippen LogP contribution in [0.4, 0.5) is 5.00 Å². The molecule has 2 aromatic heterocycles. The Morgan fingerprint density at radius 2 is 2.19 bits per heavy atom. The molecule has 4 rings (SSSR count). The van der Waals surface area contributed by atoms with Crippen LogP contribution in [0, 0.1) is 6.92 Å². The number of nitrogens with one attached hydrogen (secondary N) is 1. The van der Waals surface area contributed by atoms with Gasteiger partial charge in [-0.3, -0.25) is 9.69 Å². The molecule has 4 heterocycles. The van der Waals surface area contributed by atoms with E-state index in [0.717, 1.165) is 54.0 Å². The number of fused-ring (bicyclic) bond motifs is 1. The second-order valence-electron chi connectivity index (χ2n) is 6.77. The molecule has 0 aromatic carbocycles. The van der Waals surface area contributed by atoms with Crippen LogP contribution in [0.15, 0.2) is 6.08 Å². The van der Waals surface area contributed by atoms with Gasteiger partial charge in [-0.05, 0) is 31.9 Å². The molecule has 0 atom stereocenters. The average Bonchev–Trinajstić information content (AvgIpc) is 3.05. The van der Waals surface area contributed by atoms with Crippen molar-refractivity contribution >= 4 is 39.7 Å². The van der Waals surface area contributed by atoms with E-state index in [1.54, 1.807) is 29.6 Å². The van der Waals surface area contributed by atoms with Gasteiger partial charge in [-0.1, -0.05) is 6.08 Å². The quantitative estimate of drug-likeness (QED) is 0.861. The third-order valence-corrected chi connectivity index (χ3v) is 7.15. The van der Waals surface area contributed by atoms with Gasteiger partial charge in [0.2, 0.25) is 5.91 Å². The summed E-state index contributed by atoms with van der Waals surface area (Å²) in [5.74, 6) is -0.0314. The van der Waals surface area contributed by atoms with Crippen LogP contribution >= 0.6 is 22.7 Å². The van der Waals surface area contributed by atoms with Crippen LogP contribution in [0.2, 0.25) is 0 Å². The molecule has 0 spiro atoms. The van der Waals surface area contributed by atoms with Crippen LogP contribution in [0.1, 0.15) is 34.9 Å². The number of aryl methyl sites for hydroxylation is 1. The highest BCUT2D eigenvalue weighted by Gasteiger charge is 2.32. The van der Waals surface area contributed by atoms with E-state index in [1.165, 1.54) is 15.3 Å².